The van der Waals surface area contributed by atoms with E-state index >= 15 is 0 Å². The molecule has 1 amide bonds. The minimum absolute atomic E-state index is 0.0783. The van der Waals surface area contributed by atoms with Crippen LogP contribution in [0.3, 0.4) is 0 Å². The van der Waals surface area contributed by atoms with Gasteiger partial charge in [0.05, 0.1) is 12.3 Å². The van der Waals surface area contributed by atoms with Crippen LogP contribution in [-0.2, 0) is 4.74 Å². The number of rotatable bonds is 3. The second kappa shape index (κ2) is 6.94. The molecule has 0 spiro atoms. The molecule has 2 aromatic rings. The summed E-state index contributed by atoms with van der Waals surface area (Å²) in [4.78, 5) is 24.0. The highest BCUT2D eigenvalue weighted by Gasteiger charge is 2.17. The lowest BCUT2D eigenvalue weighted by Gasteiger charge is -2.12. The largest absolute Gasteiger partial charge is 0.450 e. The van der Waals surface area contributed by atoms with E-state index in [1.165, 1.54) is 6.92 Å². The van der Waals surface area contributed by atoms with Crippen molar-refractivity contribution in [3.63, 3.8) is 0 Å². The van der Waals surface area contributed by atoms with E-state index in [1.807, 2.05) is 6.07 Å². The molecule has 1 N–H and O–H groups in total. The first kappa shape index (κ1) is 16.5. The summed E-state index contributed by atoms with van der Waals surface area (Å²) in [5.74, 6) is 0.0783. The molecule has 0 atom stereocenters. The van der Waals surface area contributed by atoms with Crippen LogP contribution in [0.25, 0.3) is 5.69 Å². The first-order valence-corrected chi connectivity index (χ1v) is 7.09. The number of benzene rings is 1. The first-order valence-electron chi connectivity index (χ1n) is 6.71. The third-order valence-corrected chi connectivity index (χ3v) is 3.27. The molecule has 1 aromatic heterocycles. The summed E-state index contributed by atoms with van der Waals surface area (Å²) in [7, 11) is 0. The molecule has 1 heterocycles. The van der Waals surface area contributed by atoms with Gasteiger partial charge in [-0.1, -0.05) is 11.6 Å². The molecule has 0 saturated heterocycles. The van der Waals surface area contributed by atoms with Crippen LogP contribution in [0, 0.1) is 18.3 Å². The Morgan fingerprint density at radius 2 is 2.09 bits per heavy atom. The van der Waals surface area contributed by atoms with Gasteiger partial charge in [-0.3, -0.25) is 10.1 Å². The second-order valence-electron chi connectivity index (χ2n) is 4.50. The van der Waals surface area contributed by atoms with Gasteiger partial charge >= 0.3 is 6.09 Å². The fourth-order valence-corrected chi connectivity index (χ4v) is 2.00. The van der Waals surface area contributed by atoms with Gasteiger partial charge in [0.2, 0.25) is 0 Å². The molecule has 118 valence electrons. The number of anilines is 1. The van der Waals surface area contributed by atoms with Gasteiger partial charge in [0.15, 0.2) is 5.82 Å². The van der Waals surface area contributed by atoms with Crippen molar-refractivity contribution in [2.24, 2.45) is 0 Å². The van der Waals surface area contributed by atoms with Crippen LogP contribution in [0.5, 0.6) is 0 Å². The lowest BCUT2D eigenvalue weighted by atomic mass is 10.2. The average Bonchev–Trinajstić information content (AvgIpc) is 2.52. The number of nitrogens with zero attached hydrogens (tertiary/aromatic N) is 3. The summed E-state index contributed by atoms with van der Waals surface area (Å²) in [6.45, 7) is 3.38. The number of hydrogen-bond donors (Lipinski definition) is 1. The lowest BCUT2D eigenvalue weighted by Crippen LogP contribution is -2.28. The minimum atomic E-state index is -0.715. The van der Waals surface area contributed by atoms with Crippen molar-refractivity contribution in [3.8, 4) is 11.8 Å². The van der Waals surface area contributed by atoms with Crippen LogP contribution >= 0.6 is 11.6 Å². The molecule has 8 heteroatoms. The standard InChI is InChI=1S/C15H13ClN4O3/c1-3-23-15(22)18-13-9(2)12(8-17)14(21)20(19-13)11-6-4-10(16)5-7-11/h4-7H,3H2,1-2H3,(H,18,19,22). The molecular formula is C15H13ClN4O3. The van der Waals surface area contributed by atoms with Crippen LogP contribution in [-0.4, -0.2) is 22.5 Å². The molecule has 7 nitrogen and oxygen atoms in total. The van der Waals surface area contributed by atoms with Gasteiger partial charge in [-0.25, -0.2) is 4.79 Å². The molecule has 0 unspecified atom stereocenters. The predicted molar refractivity (Wildman–Crippen MR) is 84.9 cm³/mol. The van der Waals surface area contributed by atoms with Crippen molar-refractivity contribution in [2.45, 2.75) is 13.8 Å². The summed E-state index contributed by atoms with van der Waals surface area (Å²) in [6, 6.07) is 8.19. The zero-order valence-corrected chi connectivity index (χ0v) is 13.2. The van der Waals surface area contributed by atoms with Gasteiger partial charge in [0.1, 0.15) is 11.6 Å². The fraction of sp³-hybridized carbons (Fsp3) is 0.200. The molecule has 0 bridgehead atoms. The normalized spacial score (nSPS) is 10.0. The maximum absolute atomic E-state index is 12.4. The number of hydrogen-bond acceptors (Lipinski definition) is 5. The number of amides is 1. The second-order valence-corrected chi connectivity index (χ2v) is 4.94. The SMILES string of the molecule is CCOC(=O)Nc1nn(-c2ccc(Cl)cc2)c(=O)c(C#N)c1C. The first-order chi connectivity index (χ1) is 11.0. The van der Waals surface area contributed by atoms with Crippen molar-refractivity contribution >= 4 is 23.5 Å². The van der Waals surface area contributed by atoms with Crippen LogP contribution in [0.1, 0.15) is 18.1 Å². The van der Waals surface area contributed by atoms with Gasteiger partial charge in [0.25, 0.3) is 5.56 Å². The Morgan fingerprint density at radius 1 is 1.43 bits per heavy atom. The monoisotopic (exact) mass is 332 g/mol. The van der Waals surface area contributed by atoms with E-state index in [1.54, 1.807) is 31.2 Å². The smallest absolute Gasteiger partial charge is 0.412 e. The number of carbonyl (C=O) groups excluding carboxylic acids is 1. The fourth-order valence-electron chi connectivity index (χ4n) is 1.88. The van der Waals surface area contributed by atoms with Crippen molar-refractivity contribution in [2.75, 3.05) is 11.9 Å². The van der Waals surface area contributed by atoms with Gasteiger partial charge in [-0.15, -0.1) is 5.10 Å². The summed E-state index contributed by atoms with van der Waals surface area (Å²) < 4.78 is 5.82. The third-order valence-electron chi connectivity index (χ3n) is 3.02. The predicted octanol–water partition coefficient (Wildman–Crippen LogP) is 2.63. The van der Waals surface area contributed by atoms with Gasteiger partial charge in [-0.2, -0.15) is 9.94 Å². The average molecular weight is 333 g/mol. The molecule has 2 rings (SSSR count). The van der Waals surface area contributed by atoms with E-state index in [0.29, 0.717) is 10.7 Å². The Labute approximate surface area is 137 Å². The van der Waals surface area contributed by atoms with E-state index in [-0.39, 0.29) is 23.6 Å². The maximum Gasteiger partial charge on any atom is 0.412 e. The van der Waals surface area contributed by atoms with E-state index < -0.39 is 11.7 Å². The highest BCUT2D eigenvalue weighted by atomic mass is 35.5. The van der Waals surface area contributed by atoms with E-state index in [2.05, 4.69) is 10.4 Å². The molecule has 0 saturated carbocycles. The van der Waals surface area contributed by atoms with Crippen molar-refractivity contribution in [3.05, 3.63) is 50.8 Å². The number of nitrogens with one attached hydrogen (secondary N) is 1. The molecule has 0 aliphatic carbocycles. The summed E-state index contributed by atoms with van der Waals surface area (Å²) in [6.07, 6.45) is -0.715. The van der Waals surface area contributed by atoms with Crippen LogP contribution in [0.4, 0.5) is 10.6 Å². The lowest BCUT2D eigenvalue weighted by molar-refractivity contribution is 0.167. The van der Waals surface area contributed by atoms with E-state index in [4.69, 9.17) is 16.3 Å². The molecule has 0 fully saturated rings. The Hall–Kier alpha value is -2.85. The number of carbonyl (C=O) groups is 1. The zero-order valence-electron chi connectivity index (χ0n) is 12.5. The highest BCUT2D eigenvalue weighted by Crippen LogP contribution is 2.16. The summed E-state index contributed by atoms with van der Waals surface area (Å²) in [5, 5.41) is 16.2. The Kier molecular flexibility index (Phi) is 4.98. The highest BCUT2D eigenvalue weighted by molar-refractivity contribution is 6.30. The molecule has 1 aromatic carbocycles. The van der Waals surface area contributed by atoms with E-state index in [0.717, 1.165) is 4.68 Å². The topological polar surface area (TPSA) is 97.0 Å². The van der Waals surface area contributed by atoms with Gasteiger partial charge in [0, 0.05) is 10.6 Å². The Bertz CT molecular complexity index is 838. The Morgan fingerprint density at radius 3 is 2.65 bits per heavy atom. The van der Waals surface area contributed by atoms with Crippen molar-refractivity contribution in [1.82, 2.24) is 9.78 Å². The molecule has 0 aliphatic rings. The van der Waals surface area contributed by atoms with Crippen LogP contribution in [0.15, 0.2) is 29.1 Å². The molecule has 0 radical (unpaired) electrons. The number of nitriles is 1. The summed E-state index contributed by atoms with van der Waals surface area (Å²) in [5.41, 5.74) is 0.00190. The maximum atomic E-state index is 12.4. The van der Waals surface area contributed by atoms with Crippen molar-refractivity contribution < 1.29 is 9.53 Å². The van der Waals surface area contributed by atoms with Gasteiger partial charge in [-0.05, 0) is 38.1 Å². The van der Waals surface area contributed by atoms with E-state index in [9.17, 15) is 14.9 Å². The summed E-state index contributed by atoms with van der Waals surface area (Å²) >= 11 is 5.82. The number of halogens is 1. The minimum Gasteiger partial charge on any atom is -0.450 e. The molecule has 0 aliphatic heterocycles. The zero-order chi connectivity index (χ0) is 17.0. The van der Waals surface area contributed by atoms with Crippen LogP contribution < -0.4 is 10.9 Å². The third kappa shape index (κ3) is 3.49. The number of aromatic nitrogens is 2. The molecular weight excluding hydrogens is 320 g/mol. The van der Waals surface area contributed by atoms with Gasteiger partial charge < -0.3 is 4.74 Å². The van der Waals surface area contributed by atoms with Crippen LogP contribution in [0.2, 0.25) is 5.02 Å². The quantitative estimate of drug-likeness (QED) is 0.931. The molecule has 23 heavy (non-hydrogen) atoms. The number of ether oxygens (including phenoxy) is 1. The Balaban J connectivity index is 2.59. The van der Waals surface area contributed by atoms with Crippen molar-refractivity contribution in [1.29, 1.82) is 5.26 Å².